The van der Waals surface area contributed by atoms with Gasteiger partial charge in [0.1, 0.15) is 0 Å². The number of carbonyl (C=O) groups is 1. The molecule has 0 saturated carbocycles. The third kappa shape index (κ3) is 3.40. The predicted molar refractivity (Wildman–Crippen MR) is 57.8 cm³/mol. The molecular formula is C10H13NO2S. The fourth-order valence-electron chi connectivity index (χ4n) is 0.947. The minimum absolute atomic E-state index is 0.119. The number of hydrogen-bond acceptors (Lipinski definition) is 3. The summed E-state index contributed by atoms with van der Waals surface area (Å²) in [5, 5.41) is 8.75. The zero-order chi connectivity index (χ0) is 10.6. The van der Waals surface area contributed by atoms with Gasteiger partial charge in [-0.2, -0.15) is 0 Å². The van der Waals surface area contributed by atoms with Crippen molar-refractivity contribution in [1.82, 2.24) is 0 Å². The Kier molecular flexibility index (Phi) is 3.98. The lowest BCUT2D eigenvalue weighted by atomic mass is 10.2. The molecule has 0 spiro atoms. The molecule has 0 amide bonds. The van der Waals surface area contributed by atoms with Crippen molar-refractivity contribution in [3.8, 4) is 0 Å². The molecule has 0 radical (unpaired) electrons. The van der Waals surface area contributed by atoms with Crippen LogP contribution in [-0.4, -0.2) is 22.9 Å². The summed E-state index contributed by atoms with van der Waals surface area (Å²) < 4.78 is 0. The molecule has 0 bridgehead atoms. The van der Waals surface area contributed by atoms with E-state index in [2.05, 4.69) is 0 Å². The van der Waals surface area contributed by atoms with Gasteiger partial charge in [-0.05, 0) is 25.1 Å². The maximum absolute atomic E-state index is 10.7. The number of thioether (sulfide) groups is 1. The van der Waals surface area contributed by atoms with Crippen LogP contribution in [0.3, 0.4) is 0 Å². The third-order valence-electron chi connectivity index (χ3n) is 1.59. The van der Waals surface area contributed by atoms with Crippen LogP contribution in [-0.2, 0) is 0 Å². The minimum atomic E-state index is -0.895. The topological polar surface area (TPSA) is 63.3 Å². The summed E-state index contributed by atoms with van der Waals surface area (Å²) in [6.45, 7) is 1.92. The molecule has 0 aromatic heterocycles. The zero-order valence-electron chi connectivity index (χ0n) is 7.93. The molecule has 14 heavy (non-hydrogen) atoms. The highest BCUT2D eigenvalue weighted by atomic mass is 32.2. The van der Waals surface area contributed by atoms with Gasteiger partial charge in [-0.1, -0.05) is 6.07 Å². The van der Waals surface area contributed by atoms with Gasteiger partial charge in [0.2, 0.25) is 0 Å². The Hall–Kier alpha value is -1.00. The van der Waals surface area contributed by atoms with Crippen molar-refractivity contribution in [2.24, 2.45) is 5.73 Å². The van der Waals surface area contributed by atoms with Crippen LogP contribution in [0.5, 0.6) is 0 Å². The first kappa shape index (κ1) is 11.1. The number of hydrogen-bond donors (Lipinski definition) is 2. The maximum Gasteiger partial charge on any atom is 0.335 e. The molecule has 1 unspecified atom stereocenters. The van der Waals surface area contributed by atoms with Gasteiger partial charge in [-0.25, -0.2) is 4.79 Å². The number of aromatic carboxylic acids is 1. The van der Waals surface area contributed by atoms with Crippen LogP contribution in [0.15, 0.2) is 29.2 Å². The lowest BCUT2D eigenvalue weighted by Gasteiger charge is -2.05. The quantitative estimate of drug-likeness (QED) is 0.746. The van der Waals surface area contributed by atoms with Crippen LogP contribution in [0.25, 0.3) is 0 Å². The van der Waals surface area contributed by atoms with Crippen molar-refractivity contribution in [2.75, 3.05) is 5.75 Å². The van der Waals surface area contributed by atoms with E-state index in [4.69, 9.17) is 10.8 Å². The first-order valence-corrected chi connectivity index (χ1v) is 5.30. The van der Waals surface area contributed by atoms with Crippen molar-refractivity contribution in [3.05, 3.63) is 29.8 Å². The van der Waals surface area contributed by atoms with E-state index >= 15 is 0 Å². The zero-order valence-corrected chi connectivity index (χ0v) is 8.75. The fourth-order valence-corrected chi connectivity index (χ4v) is 1.79. The Labute approximate surface area is 87.3 Å². The largest absolute Gasteiger partial charge is 0.478 e. The van der Waals surface area contributed by atoms with Gasteiger partial charge in [0.15, 0.2) is 0 Å². The second-order valence-corrected chi connectivity index (χ2v) is 4.21. The summed E-state index contributed by atoms with van der Waals surface area (Å²) in [5.41, 5.74) is 5.92. The van der Waals surface area contributed by atoms with Crippen molar-refractivity contribution in [2.45, 2.75) is 17.9 Å². The van der Waals surface area contributed by atoms with E-state index in [9.17, 15) is 4.79 Å². The molecule has 76 valence electrons. The van der Waals surface area contributed by atoms with Gasteiger partial charge in [0.25, 0.3) is 0 Å². The smallest absolute Gasteiger partial charge is 0.335 e. The average molecular weight is 211 g/mol. The van der Waals surface area contributed by atoms with E-state index in [1.807, 2.05) is 13.0 Å². The first-order valence-electron chi connectivity index (χ1n) is 4.31. The maximum atomic E-state index is 10.7. The summed E-state index contributed by atoms with van der Waals surface area (Å²) >= 11 is 1.57. The minimum Gasteiger partial charge on any atom is -0.478 e. The van der Waals surface area contributed by atoms with Gasteiger partial charge in [0, 0.05) is 16.7 Å². The molecule has 1 rings (SSSR count). The fraction of sp³-hybridized carbons (Fsp3) is 0.300. The lowest BCUT2D eigenvalue weighted by molar-refractivity contribution is 0.0696. The highest BCUT2D eigenvalue weighted by molar-refractivity contribution is 7.99. The number of nitrogens with two attached hydrogens (primary N) is 1. The van der Waals surface area contributed by atoms with E-state index in [1.54, 1.807) is 30.0 Å². The van der Waals surface area contributed by atoms with E-state index in [0.29, 0.717) is 5.56 Å². The van der Waals surface area contributed by atoms with E-state index < -0.39 is 5.97 Å². The van der Waals surface area contributed by atoms with E-state index in [1.165, 1.54) is 0 Å². The van der Waals surface area contributed by atoms with Gasteiger partial charge in [0.05, 0.1) is 5.56 Å². The second-order valence-electron chi connectivity index (χ2n) is 3.12. The molecule has 3 N–H and O–H groups in total. The van der Waals surface area contributed by atoms with Gasteiger partial charge < -0.3 is 10.8 Å². The molecule has 1 aromatic rings. The Balaban J connectivity index is 2.69. The molecule has 0 fully saturated rings. The molecule has 0 heterocycles. The Morgan fingerprint density at radius 1 is 1.64 bits per heavy atom. The Bertz CT molecular complexity index is 326. The van der Waals surface area contributed by atoms with Crippen LogP contribution in [0.1, 0.15) is 17.3 Å². The highest BCUT2D eigenvalue weighted by Gasteiger charge is 2.03. The second kappa shape index (κ2) is 5.02. The van der Waals surface area contributed by atoms with Crippen LogP contribution in [0.2, 0.25) is 0 Å². The van der Waals surface area contributed by atoms with Crippen molar-refractivity contribution in [3.63, 3.8) is 0 Å². The highest BCUT2D eigenvalue weighted by Crippen LogP contribution is 2.19. The number of carboxylic acid groups (broad SMARTS) is 1. The summed E-state index contributed by atoms with van der Waals surface area (Å²) in [4.78, 5) is 11.6. The molecule has 1 aromatic carbocycles. The normalized spacial score (nSPS) is 12.4. The predicted octanol–water partition coefficient (Wildman–Crippen LogP) is 1.82. The monoisotopic (exact) mass is 211 g/mol. The van der Waals surface area contributed by atoms with Crippen molar-refractivity contribution >= 4 is 17.7 Å². The molecule has 0 aliphatic heterocycles. The first-order chi connectivity index (χ1) is 6.59. The molecule has 0 saturated heterocycles. The van der Waals surface area contributed by atoms with Gasteiger partial charge in [-0.3, -0.25) is 0 Å². The molecule has 0 aliphatic rings. The van der Waals surface area contributed by atoms with E-state index in [0.717, 1.165) is 10.6 Å². The summed E-state index contributed by atoms with van der Waals surface area (Å²) in [7, 11) is 0. The molecule has 0 aliphatic carbocycles. The van der Waals surface area contributed by atoms with E-state index in [-0.39, 0.29) is 6.04 Å². The number of carboxylic acids is 1. The van der Waals surface area contributed by atoms with Gasteiger partial charge >= 0.3 is 5.97 Å². The SMILES string of the molecule is CC(N)CSc1cccc(C(=O)O)c1. The van der Waals surface area contributed by atoms with Crippen LogP contribution in [0.4, 0.5) is 0 Å². The summed E-state index contributed by atoms with van der Waals surface area (Å²) in [6, 6.07) is 6.99. The standard InChI is InChI=1S/C10H13NO2S/c1-7(11)6-14-9-4-2-3-8(5-9)10(12)13/h2-5,7H,6,11H2,1H3,(H,12,13). The number of rotatable bonds is 4. The lowest BCUT2D eigenvalue weighted by Crippen LogP contribution is -2.17. The molecular weight excluding hydrogens is 198 g/mol. The molecule has 4 heteroatoms. The van der Waals surface area contributed by atoms with Crippen molar-refractivity contribution in [1.29, 1.82) is 0 Å². The summed E-state index contributed by atoms with van der Waals surface area (Å²) in [5.74, 6) is -0.100. The molecule has 3 nitrogen and oxygen atoms in total. The summed E-state index contributed by atoms with van der Waals surface area (Å²) in [6.07, 6.45) is 0. The van der Waals surface area contributed by atoms with Gasteiger partial charge in [-0.15, -0.1) is 11.8 Å². The Morgan fingerprint density at radius 3 is 2.93 bits per heavy atom. The molecule has 1 atom stereocenters. The van der Waals surface area contributed by atoms with Crippen LogP contribution in [0, 0.1) is 0 Å². The Morgan fingerprint density at radius 2 is 2.36 bits per heavy atom. The third-order valence-corrected chi connectivity index (χ3v) is 2.87. The average Bonchev–Trinajstić information content (AvgIpc) is 2.15. The van der Waals surface area contributed by atoms with Crippen LogP contribution >= 0.6 is 11.8 Å². The number of benzene rings is 1. The van der Waals surface area contributed by atoms with Crippen molar-refractivity contribution < 1.29 is 9.90 Å². The van der Waals surface area contributed by atoms with Crippen LogP contribution < -0.4 is 5.73 Å².